The Hall–Kier alpha value is -1.26. The van der Waals surface area contributed by atoms with Crippen molar-refractivity contribution in [3.05, 3.63) is 41.1 Å². The summed E-state index contributed by atoms with van der Waals surface area (Å²) >= 11 is 6.05. The molecule has 2 aromatic rings. The second kappa shape index (κ2) is 6.95. The minimum Gasteiger partial charge on any atom is -0.453 e. The molecule has 0 aliphatic rings. The van der Waals surface area contributed by atoms with Crippen LogP contribution in [0.25, 0.3) is 0 Å². The van der Waals surface area contributed by atoms with Crippen LogP contribution in [0.2, 0.25) is 5.22 Å². The molecule has 0 saturated carbocycles. The van der Waals surface area contributed by atoms with E-state index in [2.05, 4.69) is 41.2 Å². The van der Waals surface area contributed by atoms with Gasteiger partial charge in [0.2, 0.25) is 0 Å². The molecule has 0 aliphatic heterocycles. The molecule has 5 heteroatoms. The summed E-state index contributed by atoms with van der Waals surface area (Å²) in [6, 6.07) is 4.58. The molecule has 1 N–H and O–H groups in total. The normalized spacial score (nSPS) is 13.1. The van der Waals surface area contributed by atoms with Gasteiger partial charge in [-0.3, -0.25) is 4.68 Å². The Morgan fingerprint density at radius 1 is 1.35 bits per heavy atom. The van der Waals surface area contributed by atoms with Crippen LogP contribution in [0.5, 0.6) is 0 Å². The van der Waals surface area contributed by atoms with Gasteiger partial charge in [0.25, 0.3) is 0 Å². The number of nitrogens with one attached hydrogen (secondary N) is 1. The molecule has 2 rings (SSSR count). The van der Waals surface area contributed by atoms with Gasteiger partial charge < -0.3 is 9.73 Å². The highest BCUT2D eigenvalue weighted by Crippen LogP contribution is 2.26. The SMILES string of the molecule is CCC(CC)n1ccc(CC(NC)c2ccoc2Cl)n1. The Morgan fingerprint density at radius 2 is 2.10 bits per heavy atom. The largest absolute Gasteiger partial charge is 0.453 e. The molecule has 0 saturated heterocycles. The molecule has 0 aliphatic carbocycles. The molecule has 0 radical (unpaired) electrons. The van der Waals surface area contributed by atoms with E-state index < -0.39 is 0 Å². The summed E-state index contributed by atoms with van der Waals surface area (Å²) in [5.74, 6) is 0. The minimum absolute atomic E-state index is 0.117. The number of furan rings is 1. The Labute approximate surface area is 125 Å². The first-order valence-corrected chi connectivity index (χ1v) is 7.51. The molecule has 0 aromatic carbocycles. The Bertz CT molecular complexity index is 531. The lowest BCUT2D eigenvalue weighted by atomic mass is 10.1. The van der Waals surface area contributed by atoms with Crippen molar-refractivity contribution in [2.45, 2.75) is 45.2 Å². The van der Waals surface area contributed by atoms with E-state index in [4.69, 9.17) is 16.0 Å². The van der Waals surface area contributed by atoms with E-state index in [-0.39, 0.29) is 6.04 Å². The highest BCUT2D eigenvalue weighted by molar-refractivity contribution is 6.29. The summed E-state index contributed by atoms with van der Waals surface area (Å²) < 4.78 is 7.23. The van der Waals surface area contributed by atoms with Gasteiger partial charge in [0.05, 0.1) is 18.0 Å². The summed E-state index contributed by atoms with van der Waals surface area (Å²) in [6.45, 7) is 4.38. The number of nitrogens with zero attached hydrogens (tertiary/aromatic N) is 2. The molecule has 0 bridgehead atoms. The number of hydrogen-bond donors (Lipinski definition) is 1. The van der Waals surface area contributed by atoms with E-state index in [9.17, 15) is 0 Å². The number of likely N-dealkylation sites (N-methyl/N-ethyl adjacent to an activating group) is 1. The second-order valence-corrected chi connectivity index (χ2v) is 5.30. The third-order valence-corrected chi connectivity index (χ3v) is 4.07. The fourth-order valence-electron chi connectivity index (χ4n) is 2.48. The average molecular weight is 296 g/mol. The van der Waals surface area contributed by atoms with Gasteiger partial charge in [-0.15, -0.1) is 0 Å². The van der Waals surface area contributed by atoms with Crippen LogP contribution < -0.4 is 5.32 Å². The lowest BCUT2D eigenvalue weighted by Gasteiger charge is -2.14. The number of rotatable bonds is 7. The van der Waals surface area contributed by atoms with E-state index in [0.717, 1.165) is 30.5 Å². The zero-order chi connectivity index (χ0) is 14.5. The first kappa shape index (κ1) is 15.1. The topological polar surface area (TPSA) is 43.0 Å². The Balaban J connectivity index is 2.11. The van der Waals surface area contributed by atoms with Gasteiger partial charge in [-0.05, 0) is 43.6 Å². The zero-order valence-electron chi connectivity index (χ0n) is 12.3. The van der Waals surface area contributed by atoms with Crippen molar-refractivity contribution < 1.29 is 4.42 Å². The molecule has 2 heterocycles. The van der Waals surface area contributed by atoms with Crippen molar-refractivity contribution in [1.82, 2.24) is 15.1 Å². The van der Waals surface area contributed by atoms with Crippen molar-refractivity contribution >= 4 is 11.6 Å². The van der Waals surface area contributed by atoms with Crippen LogP contribution in [0.4, 0.5) is 0 Å². The number of hydrogen-bond acceptors (Lipinski definition) is 3. The third kappa shape index (κ3) is 3.25. The van der Waals surface area contributed by atoms with Gasteiger partial charge >= 0.3 is 0 Å². The Morgan fingerprint density at radius 3 is 2.65 bits per heavy atom. The van der Waals surface area contributed by atoms with E-state index >= 15 is 0 Å². The highest BCUT2D eigenvalue weighted by atomic mass is 35.5. The smallest absolute Gasteiger partial charge is 0.197 e. The molecule has 1 atom stereocenters. The van der Waals surface area contributed by atoms with Crippen molar-refractivity contribution in [2.75, 3.05) is 7.05 Å². The molecule has 4 nitrogen and oxygen atoms in total. The van der Waals surface area contributed by atoms with Crippen LogP contribution >= 0.6 is 11.6 Å². The molecule has 110 valence electrons. The maximum Gasteiger partial charge on any atom is 0.197 e. The van der Waals surface area contributed by atoms with Gasteiger partial charge in [-0.2, -0.15) is 5.10 Å². The standard InChI is InChI=1S/C15H22ClN3O/c1-4-12(5-2)19-8-6-11(18-19)10-14(17-3)13-7-9-20-15(13)16/h6-9,12,14,17H,4-5,10H2,1-3H3. The van der Waals surface area contributed by atoms with Crippen LogP contribution in [0.15, 0.2) is 29.0 Å². The van der Waals surface area contributed by atoms with Crippen LogP contribution in [0.3, 0.4) is 0 Å². The maximum atomic E-state index is 6.05. The molecular weight excluding hydrogens is 274 g/mol. The zero-order valence-corrected chi connectivity index (χ0v) is 13.0. The molecule has 20 heavy (non-hydrogen) atoms. The van der Waals surface area contributed by atoms with Crippen LogP contribution in [-0.4, -0.2) is 16.8 Å². The monoisotopic (exact) mass is 295 g/mol. The molecule has 0 amide bonds. The first-order valence-electron chi connectivity index (χ1n) is 7.13. The summed E-state index contributed by atoms with van der Waals surface area (Å²) in [5.41, 5.74) is 2.04. The van der Waals surface area contributed by atoms with Crippen molar-refractivity contribution in [3.63, 3.8) is 0 Å². The van der Waals surface area contributed by atoms with Crippen LogP contribution in [-0.2, 0) is 6.42 Å². The fourth-order valence-corrected chi connectivity index (χ4v) is 2.73. The van der Waals surface area contributed by atoms with E-state index in [0.29, 0.717) is 11.3 Å². The molecule has 2 aromatic heterocycles. The molecule has 0 fully saturated rings. The molecular formula is C15H22ClN3O. The lowest BCUT2D eigenvalue weighted by Crippen LogP contribution is -2.19. The summed E-state index contributed by atoms with van der Waals surface area (Å²) in [5, 5.41) is 8.40. The fraction of sp³-hybridized carbons (Fsp3) is 0.533. The quantitative estimate of drug-likeness (QED) is 0.840. The molecule has 0 spiro atoms. The first-order chi connectivity index (χ1) is 9.69. The van der Waals surface area contributed by atoms with E-state index in [1.807, 2.05) is 13.1 Å². The van der Waals surface area contributed by atoms with Gasteiger partial charge in [0, 0.05) is 24.2 Å². The summed E-state index contributed by atoms with van der Waals surface area (Å²) in [4.78, 5) is 0. The third-order valence-electron chi connectivity index (χ3n) is 3.76. The average Bonchev–Trinajstić information content (AvgIpc) is 3.07. The predicted octanol–water partition coefficient (Wildman–Crippen LogP) is 3.99. The van der Waals surface area contributed by atoms with Gasteiger partial charge in [-0.25, -0.2) is 0 Å². The van der Waals surface area contributed by atoms with Crippen molar-refractivity contribution in [2.24, 2.45) is 0 Å². The Kier molecular flexibility index (Phi) is 5.26. The molecule has 1 unspecified atom stereocenters. The van der Waals surface area contributed by atoms with Crippen molar-refractivity contribution in [3.8, 4) is 0 Å². The van der Waals surface area contributed by atoms with Gasteiger partial charge in [0.1, 0.15) is 0 Å². The number of halogens is 1. The summed E-state index contributed by atoms with van der Waals surface area (Å²) in [6.07, 6.45) is 6.67. The number of aromatic nitrogens is 2. The summed E-state index contributed by atoms with van der Waals surface area (Å²) in [7, 11) is 1.92. The highest BCUT2D eigenvalue weighted by Gasteiger charge is 2.17. The van der Waals surface area contributed by atoms with Crippen LogP contribution in [0, 0.1) is 0 Å². The van der Waals surface area contributed by atoms with Gasteiger partial charge in [-0.1, -0.05) is 13.8 Å². The van der Waals surface area contributed by atoms with Gasteiger partial charge in [0.15, 0.2) is 5.22 Å². The maximum absolute atomic E-state index is 6.05. The van der Waals surface area contributed by atoms with E-state index in [1.54, 1.807) is 6.26 Å². The lowest BCUT2D eigenvalue weighted by molar-refractivity contribution is 0.423. The predicted molar refractivity (Wildman–Crippen MR) is 81.1 cm³/mol. The van der Waals surface area contributed by atoms with E-state index in [1.165, 1.54) is 0 Å². The van der Waals surface area contributed by atoms with Crippen LogP contribution in [0.1, 0.15) is 50.0 Å². The van der Waals surface area contributed by atoms with Crippen molar-refractivity contribution in [1.29, 1.82) is 0 Å². The second-order valence-electron chi connectivity index (χ2n) is 4.95. The minimum atomic E-state index is 0.117.